The SMILES string of the molecule is C[Si]1Oc2ccccc2C=Nc2ccc(cc2)N=Cc2ccccc2O1. The van der Waals surface area contributed by atoms with Crippen molar-refractivity contribution in [2.24, 2.45) is 9.98 Å². The number of para-hydroxylation sites is 2. The van der Waals surface area contributed by atoms with Crippen LogP contribution in [0, 0.1) is 0 Å². The minimum absolute atomic E-state index is 0.769. The van der Waals surface area contributed by atoms with Crippen LogP contribution < -0.4 is 8.85 Å². The maximum Gasteiger partial charge on any atom is 0.528 e. The van der Waals surface area contributed by atoms with Crippen LogP contribution in [0.1, 0.15) is 11.1 Å². The van der Waals surface area contributed by atoms with Crippen LogP contribution in [0.5, 0.6) is 11.5 Å². The van der Waals surface area contributed by atoms with Crippen LogP contribution in [0.2, 0.25) is 6.55 Å². The Balaban J connectivity index is 1.79. The first-order valence-electron chi connectivity index (χ1n) is 8.33. The largest absolute Gasteiger partial charge is 0.528 e. The molecule has 5 rings (SSSR count). The summed E-state index contributed by atoms with van der Waals surface area (Å²) in [7, 11) is -1.55. The van der Waals surface area contributed by atoms with Crippen molar-refractivity contribution in [2.45, 2.75) is 6.55 Å². The van der Waals surface area contributed by atoms with E-state index in [2.05, 4.69) is 9.98 Å². The lowest BCUT2D eigenvalue weighted by molar-refractivity contribution is 0.430. The predicted molar refractivity (Wildman–Crippen MR) is 107 cm³/mol. The Labute approximate surface area is 154 Å². The molecule has 0 unspecified atom stereocenters. The van der Waals surface area contributed by atoms with E-state index in [1.165, 1.54) is 0 Å². The molecule has 2 heterocycles. The van der Waals surface area contributed by atoms with E-state index in [1.54, 1.807) is 0 Å². The maximum atomic E-state index is 6.10. The minimum Gasteiger partial charge on any atom is -0.509 e. The van der Waals surface area contributed by atoms with Crippen molar-refractivity contribution in [3.63, 3.8) is 0 Å². The summed E-state index contributed by atoms with van der Waals surface area (Å²) in [6, 6.07) is 23.5. The molecule has 0 fully saturated rings. The number of nitrogens with zero attached hydrogens (tertiary/aromatic N) is 2. The van der Waals surface area contributed by atoms with Crippen LogP contribution in [0.3, 0.4) is 0 Å². The first-order valence-corrected chi connectivity index (χ1v) is 10.2. The molecule has 2 aliphatic heterocycles. The Hall–Kier alpha value is -3.18. The fourth-order valence-electron chi connectivity index (χ4n) is 2.60. The van der Waals surface area contributed by atoms with Crippen molar-refractivity contribution in [3.8, 4) is 11.5 Å². The standard InChI is InChI=1S/C21H17N2O2Si/c1-26-24-20-8-4-2-6-16(20)14-22-18-10-12-19(13-11-18)23-15-17-7-3-5-9-21(17)25-26/h2-15H,1H3. The summed E-state index contributed by atoms with van der Waals surface area (Å²) in [4.78, 5) is 9.08. The van der Waals surface area contributed by atoms with E-state index in [0.717, 1.165) is 34.0 Å². The molecular weight excluding hydrogens is 340 g/mol. The Morgan fingerprint density at radius 3 is 1.50 bits per heavy atom. The van der Waals surface area contributed by atoms with Crippen molar-refractivity contribution in [1.82, 2.24) is 0 Å². The highest BCUT2D eigenvalue weighted by atomic mass is 28.3. The maximum absolute atomic E-state index is 6.10. The van der Waals surface area contributed by atoms with E-state index >= 15 is 0 Å². The molecule has 0 amide bonds. The third-order valence-electron chi connectivity index (χ3n) is 3.90. The molecule has 26 heavy (non-hydrogen) atoms. The van der Waals surface area contributed by atoms with Gasteiger partial charge in [-0.05, 0) is 48.5 Å². The van der Waals surface area contributed by atoms with Crippen molar-refractivity contribution in [3.05, 3.63) is 83.9 Å². The van der Waals surface area contributed by atoms with Gasteiger partial charge in [-0.15, -0.1) is 0 Å². The molecule has 4 nitrogen and oxygen atoms in total. The molecule has 3 aromatic rings. The summed E-state index contributed by atoms with van der Waals surface area (Å²) in [6.45, 7) is 1.97. The number of fused-ring (bicyclic) bond motifs is 4. The Kier molecular flexibility index (Phi) is 4.62. The van der Waals surface area contributed by atoms with Gasteiger partial charge in [0.05, 0.1) is 11.4 Å². The van der Waals surface area contributed by atoms with E-state index in [-0.39, 0.29) is 0 Å². The van der Waals surface area contributed by atoms with Gasteiger partial charge in [0.15, 0.2) is 0 Å². The van der Waals surface area contributed by atoms with Gasteiger partial charge in [-0.25, -0.2) is 0 Å². The number of hydrogen-bond acceptors (Lipinski definition) is 4. The van der Waals surface area contributed by atoms with E-state index < -0.39 is 9.28 Å². The molecular formula is C21H17N2O2Si. The molecule has 0 atom stereocenters. The molecule has 0 N–H and O–H groups in total. The van der Waals surface area contributed by atoms with E-state index in [4.69, 9.17) is 8.85 Å². The Bertz CT molecular complexity index is 889. The van der Waals surface area contributed by atoms with Crippen LogP contribution >= 0.6 is 0 Å². The fourth-order valence-corrected chi connectivity index (χ4v) is 3.64. The summed E-state index contributed by atoms with van der Waals surface area (Å²) in [5, 5.41) is 0. The Morgan fingerprint density at radius 2 is 1.04 bits per heavy atom. The predicted octanol–water partition coefficient (Wildman–Crippen LogP) is 5.08. The fraction of sp³-hybridized carbons (Fsp3) is 0.0476. The monoisotopic (exact) mass is 357 g/mol. The van der Waals surface area contributed by atoms with Gasteiger partial charge < -0.3 is 8.85 Å². The number of rotatable bonds is 0. The van der Waals surface area contributed by atoms with E-state index in [9.17, 15) is 0 Å². The third kappa shape index (κ3) is 3.73. The summed E-state index contributed by atoms with van der Waals surface area (Å²) in [6.07, 6.45) is 3.63. The molecule has 0 spiro atoms. The average Bonchev–Trinajstić information content (AvgIpc) is 2.67. The lowest BCUT2D eigenvalue weighted by atomic mass is 10.2. The Morgan fingerprint density at radius 1 is 0.615 bits per heavy atom. The summed E-state index contributed by atoms with van der Waals surface area (Å²) in [5.41, 5.74) is 3.58. The van der Waals surface area contributed by atoms with Crippen LogP contribution in [0.25, 0.3) is 0 Å². The van der Waals surface area contributed by atoms with Crippen LogP contribution in [-0.4, -0.2) is 21.7 Å². The van der Waals surface area contributed by atoms with Crippen LogP contribution in [0.4, 0.5) is 11.4 Å². The van der Waals surface area contributed by atoms with E-state index in [0.29, 0.717) is 0 Å². The number of aliphatic imine (C=N–C) groups is 2. The number of hydrogen-bond donors (Lipinski definition) is 0. The summed E-state index contributed by atoms with van der Waals surface area (Å²) >= 11 is 0. The minimum atomic E-state index is -1.55. The first-order chi connectivity index (χ1) is 12.8. The molecule has 3 aromatic carbocycles. The molecule has 2 aliphatic rings. The summed E-state index contributed by atoms with van der Waals surface area (Å²) < 4.78 is 12.2. The second kappa shape index (κ2) is 7.37. The topological polar surface area (TPSA) is 43.2 Å². The average molecular weight is 357 g/mol. The van der Waals surface area contributed by atoms with Crippen LogP contribution in [-0.2, 0) is 0 Å². The zero-order valence-corrected chi connectivity index (χ0v) is 15.3. The van der Waals surface area contributed by atoms with Gasteiger partial charge >= 0.3 is 9.28 Å². The van der Waals surface area contributed by atoms with Gasteiger partial charge in [-0.3, -0.25) is 9.98 Å². The highest BCUT2D eigenvalue weighted by Gasteiger charge is 2.16. The van der Waals surface area contributed by atoms with Crippen molar-refractivity contribution in [2.75, 3.05) is 0 Å². The molecule has 5 heteroatoms. The van der Waals surface area contributed by atoms with Gasteiger partial charge in [0.2, 0.25) is 0 Å². The molecule has 2 bridgehead atoms. The zero-order chi connectivity index (χ0) is 17.8. The van der Waals surface area contributed by atoms with Crippen molar-refractivity contribution in [1.29, 1.82) is 0 Å². The molecule has 0 aromatic heterocycles. The van der Waals surface area contributed by atoms with E-state index in [1.807, 2.05) is 91.8 Å². The van der Waals surface area contributed by atoms with Gasteiger partial charge in [0.25, 0.3) is 0 Å². The molecule has 127 valence electrons. The molecule has 0 aliphatic carbocycles. The highest BCUT2D eigenvalue weighted by molar-refractivity contribution is 6.44. The molecule has 0 saturated carbocycles. The lowest BCUT2D eigenvalue weighted by Gasteiger charge is -2.16. The van der Waals surface area contributed by atoms with Crippen molar-refractivity contribution >= 4 is 33.1 Å². The second-order valence-electron chi connectivity index (χ2n) is 5.80. The van der Waals surface area contributed by atoms with Gasteiger partial charge in [0.1, 0.15) is 11.5 Å². The quantitative estimate of drug-likeness (QED) is 0.527. The number of benzene rings is 3. The highest BCUT2D eigenvalue weighted by Crippen LogP contribution is 2.24. The molecule has 0 saturated heterocycles. The van der Waals surface area contributed by atoms with Crippen molar-refractivity contribution < 1.29 is 8.85 Å². The van der Waals surface area contributed by atoms with Gasteiger partial charge in [-0.2, -0.15) is 0 Å². The van der Waals surface area contributed by atoms with Crippen LogP contribution in [0.15, 0.2) is 82.8 Å². The first kappa shape index (κ1) is 16.3. The third-order valence-corrected chi connectivity index (χ3v) is 4.92. The summed E-state index contributed by atoms with van der Waals surface area (Å²) in [5.74, 6) is 1.54. The zero-order valence-electron chi connectivity index (χ0n) is 14.3. The smallest absolute Gasteiger partial charge is 0.509 e. The molecule has 1 radical (unpaired) electrons. The lowest BCUT2D eigenvalue weighted by Crippen LogP contribution is -2.26. The second-order valence-corrected chi connectivity index (χ2v) is 7.20. The van der Waals surface area contributed by atoms with Gasteiger partial charge in [0, 0.05) is 30.1 Å². The normalized spacial score (nSPS) is 13.7. The van der Waals surface area contributed by atoms with Gasteiger partial charge in [-0.1, -0.05) is 24.3 Å².